The third-order valence-electron chi connectivity index (χ3n) is 1.95. The van der Waals surface area contributed by atoms with Crippen molar-refractivity contribution in [1.29, 1.82) is 0 Å². The number of carbonyl (C=O) groups is 1. The summed E-state index contributed by atoms with van der Waals surface area (Å²) in [6, 6.07) is 0. The molecule has 0 aliphatic heterocycles. The number of aryl methyl sites for hydroxylation is 1. The van der Waals surface area contributed by atoms with Crippen LogP contribution < -0.4 is 5.32 Å². The molecule has 1 aromatic heterocycles. The summed E-state index contributed by atoms with van der Waals surface area (Å²) in [5.74, 6) is 0.143. The maximum atomic E-state index is 11.1. The molecule has 0 fully saturated rings. The molecule has 0 spiro atoms. The Morgan fingerprint density at radius 3 is 3.07 bits per heavy atom. The minimum absolute atomic E-state index is 0.143. The van der Waals surface area contributed by atoms with Gasteiger partial charge in [0.15, 0.2) is 0 Å². The molecule has 0 aliphatic rings. The van der Waals surface area contributed by atoms with Gasteiger partial charge in [0.05, 0.1) is 6.33 Å². The van der Waals surface area contributed by atoms with Gasteiger partial charge in [-0.15, -0.1) is 0 Å². The van der Waals surface area contributed by atoms with Gasteiger partial charge in [-0.05, 0) is 19.8 Å². The first-order valence-electron chi connectivity index (χ1n) is 4.97. The van der Waals surface area contributed by atoms with Gasteiger partial charge in [-0.2, -0.15) is 0 Å². The van der Waals surface area contributed by atoms with Gasteiger partial charge in [-0.1, -0.05) is 0 Å². The molecule has 1 N–H and O–H groups in total. The molecule has 0 saturated carbocycles. The number of nitrogens with one attached hydrogen (secondary N) is 1. The van der Waals surface area contributed by atoms with E-state index in [2.05, 4.69) is 16.5 Å². The maximum absolute atomic E-state index is 11.1. The third-order valence-corrected chi connectivity index (χ3v) is 1.95. The van der Waals surface area contributed by atoms with E-state index in [-0.39, 0.29) is 5.91 Å². The molecule has 1 radical (unpaired) electrons. The van der Waals surface area contributed by atoms with Gasteiger partial charge in [-0.3, -0.25) is 4.79 Å². The van der Waals surface area contributed by atoms with Crippen LogP contribution in [0.25, 0.3) is 0 Å². The molecule has 4 heteroatoms. The first-order valence-corrected chi connectivity index (χ1v) is 4.97. The van der Waals surface area contributed by atoms with Crippen LogP contribution in [-0.2, 0) is 11.3 Å². The van der Waals surface area contributed by atoms with Crippen LogP contribution in [0.5, 0.6) is 0 Å². The van der Waals surface area contributed by atoms with E-state index >= 15 is 0 Å². The highest BCUT2D eigenvalue weighted by atomic mass is 16.1. The number of carbonyl (C=O) groups excluding carboxylic acids is 1. The molecule has 4 nitrogen and oxygen atoms in total. The fraction of sp³-hybridized carbons (Fsp3) is 0.600. The van der Waals surface area contributed by atoms with E-state index in [9.17, 15) is 4.79 Å². The molecular weight excluding hydrogens is 178 g/mol. The predicted molar refractivity (Wildman–Crippen MR) is 53.6 cm³/mol. The number of nitrogens with zero attached hydrogens (tertiary/aromatic N) is 2. The van der Waals surface area contributed by atoms with Gasteiger partial charge in [-0.25, -0.2) is 4.98 Å². The fourth-order valence-electron chi connectivity index (χ4n) is 1.24. The molecule has 1 aromatic rings. The molecule has 0 saturated heterocycles. The second-order valence-electron chi connectivity index (χ2n) is 3.15. The molecule has 14 heavy (non-hydrogen) atoms. The lowest BCUT2D eigenvalue weighted by molar-refractivity contribution is -0.121. The highest BCUT2D eigenvalue weighted by Gasteiger charge is 1.98. The van der Waals surface area contributed by atoms with Gasteiger partial charge in [0.2, 0.25) is 5.91 Å². The number of rotatable bonds is 6. The molecule has 0 aliphatic carbocycles. The zero-order valence-electron chi connectivity index (χ0n) is 8.49. The van der Waals surface area contributed by atoms with E-state index in [0.717, 1.165) is 25.9 Å². The van der Waals surface area contributed by atoms with Crippen molar-refractivity contribution in [3.05, 3.63) is 18.7 Å². The van der Waals surface area contributed by atoms with Crippen LogP contribution in [0.1, 0.15) is 26.2 Å². The average Bonchev–Trinajstić information content (AvgIpc) is 2.65. The monoisotopic (exact) mass is 194 g/mol. The molecule has 1 rings (SSSR count). The summed E-state index contributed by atoms with van der Waals surface area (Å²) in [5.41, 5.74) is 0. The summed E-state index contributed by atoms with van der Waals surface area (Å²) in [6.07, 6.45) is 8.83. The lowest BCUT2D eigenvalue weighted by Crippen LogP contribution is -2.22. The Morgan fingerprint density at radius 2 is 2.43 bits per heavy atom. The van der Waals surface area contributed by atoms with E-state index in [1.54, 1.807) is 6.33 Å². The van der Waals surface area contributed by atoms with Gasteiger partial charge in [0, 0.05) is 25.7 Å². The van der Waals surface area contributed by atoms with E-state index < -0.39 is 0 Å². The van der Waals surface area contributed by atoms with Crippen molar-refractivity contribution >= 4 is 5.91 Å². The van der Waals surface area contributed by atoms with Crippen LogP contribution in [0, 0.1) is 6.20 Å². The second-order valence-corrected chi connectivity index (χ2v) is 3.15. The summed E-state index contributed by atoms with van der Waals surface area (Å²) in [6.45, 7) is 3.56. The first-order chi connectivity index (χ1) is 6.83. The van der Waals surface area contributed by atoms with Gasteiger partial charge in [0.1, 0.15) is 6.20 Å². The quantitative estimate of drug-likeness (QED) is 0.686. The zero-order chi connectivity index (χ0) is 10.2. The number of aromatic nitrogens is 2. The van der Waals surface area contributed by atoms with Crippen LogP contribution in [0.4, 0.5) is 0 Å². The molecule has 1 amide bonds. The number of unbranched alkanes of at least 4 members (excludes halogenated alkanes) is 1. The standard InChI is InChI=1S/C10H16N3O/c1-2-12-10(14)5-3-4-7-13-8-6-11-9-13/h8-9H,2-5,7H2,1H3,(H,12,14). The highest BCUT2D eigenvalue weighted by Crippen LogP contribution is 1.98. The Hall–Kier alpha value is -1.32. The highest BCUT2D eigenvalue weighted by molar-refractivity contribution is 5.75. The number of hydrogen-bond donors (Lipinski definition) is 1. The maximum Gasteiger partial charge on any atom is 0.219 e. The van der Waals surface area contributed by atoms with Gasteiger partial charge >= 0.3 is 0 Å². The minimum Gasteiger partial charge on any atom is -0.356 e. The second kappa shape index (κ2) is 6.18. The topological polar surface area (TPSA) is 46.9 Å². The van der Waals surface area contributed by atoms with Crippen LogP contribution in [0.15, 0.2) is 12.5 Å². The summed E-state index contributed by atoms with van der Waals surface area (Å²) in [7, 11) is 0. The van der Waals surface area contributed by atoms with E-state index in [1.165, 1.54) is 0 Å². The number of amides is 1. The lowest BCUT2D eigenvalue weighted by atomic mass is 10.2. The summed E-state index contributed by atoms with van der Waals surface area (Å²) < 4.78 is 1.97. The lowest BCUT2D eigenvalue weighted by Gasteiger charge is -2.02. The van der Waals surface area contributed by atoms with Crippen LogP contribution >= 0.6 is 0 Å². The van der Waals surface area contributed by atoms with Gasteiger partial charge in [0.25, 0.3) is 0 Å². The van der Waals surface area contributed by atoms with Crippen molar-refractivity contribution in [1.82, 2.24) is 14.9 Å². The number of hydrogen-bond acceptors (Lipinski definition) is 2. The Morgan fingerprint density at radius 1 is 1.57 bits per heavy atom. The Labute approximate surface area is 84.3 Å². The van der Waals surface area contributed by atoms with E-state index in [1.807, 2.05) is 17.7 Å². The zero-order valence-corrected chi connectivity index (χ0v) is 8.49. The van der Waals surface area contributed by atoms with Crippen molar-refractivity contribution in [3.8, 4) is 0 Å². The van der Waals surface area contributed by atoms with Crippen molar-refractivity contribution in [2.24, 2.45) is 0 Å². The average molecular weight is 194 g/mol. The minimum atomic E-state index is 0.143. The molecule has 77 valence electrons. The normalized spacial score (nSPS) is 10.1. The molecule has 1 heterocycles. The summed E-state index contributed by atoms with van der Waals surface area (Å²) >= 11 is 0. The van der Waals surface area contributed by atoms with Crippen LogP contribution in [0.2, 0.25) is 0 Å². The van der Waals surface area contributed by atoms with Crippen molar-refractivity contribution in [3.63, 3.8) is 0 Å². The smallest absolute Gasteiger partial charge is 0.219 e. The van der Waals surface area contributed by atoms with Crippen molar-refractivity contribution in [2.45, 2.75) is 32.7 Å². The molecule has 0 unspecified atom stereocenters. The Balaban J connectivity index is 2.02. The summed E-state index contributed by atoms with van der Waals surface area (Å²) in [4.78, 5) is 14.9. The van der Waals surface area contributed by atoms with Gasteiger partial charge < -0.3 is 9.88 Å². The molecule has 0 atom stereocenters. The van der Waals surface area contributed by atoms with E-state index in [0.29, 0.717) is 6.42 Å². The summed E-state index contributed by atoms with van der Waals surface area (Å²) in [5, 5.41) is 2.77. The van der Waals surface area contributed by atoms with Crippen LogP contribution in [0.3, 0.4) is 0 Å². The van der Waals surface area contributed by atoms with Crippen molar-refractivity contribution < 1.29 is 4.79 Å². The Bertz CT molecular complexity index is 256. The van der Waals surface area contributed by atoms with Crippen LogP contribution in [-0.4, -0.2) is 22.0 Å². The van der Waals surface area contributed by atoms with Crippen molar-refractivity contribution in [2.75, 3.05) is 6.54 Å². The number of imidazole rings is 1. The van der Waals surface area contributed by atoms with E-state index in [4.69, 9.17) is 0 Å². The molecular formula is C10H16N3O. The first kappa shape index (κ1) is 10.8. The Kier molecular flexibility index (Phi) is 4.75. The SMILES string of the molecule is CCNC(=O)CCCCn1c[c]nc1. The largest absolute Gasteiger partial charge is 0.356 e. The third kappa shape index (κ3) is 4.07. The molecule has 0 bridgehead atoms. The molecule has 0 aromatic carbocycles. The fourth-order valence-corrected chi connectivity index (χ4v) is 1.24. The predicted octanol–water partition coefficient (Wildman–Crippen LogP) is 0.990.